The van der Waals surface area contributed by atoms with Crippen molar-refractivity contribution in [2.75, 3.05) is 0 Å². The van der Waals surface area contributed by atoms with Crippen LogP contribution in [0.5, 0.6) is 0 Å². The van der Waals surface area contributed by atoms with Gasteiger partial charge in [0.05, 0.1) is 0 Å². The Morgan fingerprint density at radius 3 is 1.75 bits per heavy atom. The van der Waals surface area contributed by atoms with Crippen LogP contribution in [-0.2, 0) is 21.1 Å². The second-order valence-corrected chi connectivity index (χ2v) is 0.552. The molecule has 0 spiro atoms. The van der Waals surface area contributed by atoms with Gasteiger partial charge in [-0.1, -0.05) is 0 Å². The zero-order valence-electron chi connectivity index (χ0n) is 1.25. The summed E-state index contributed by atoms with van der Waals surface area (Å²) in [6.45, 7) is 0. The minimum absolute atomic E-state index is 0. The molecule has 0 aliphatic rings. The molecule has 0 saturated heterocycles. The maximum absolute atomic E-state index is 7.29. The Balaban J connectivity index is 0. The van der Waals surface area contributed by atoms with Crippen molar-refractivity contribution in [2.45, 2.75) is 0 Å². The second-order valence-electron chi connectivity index (χ2n) is 0.0674. The van der Waals surface area contributed by atoms with E-state index >= 15 is 0 Å². The second kappa shape index (κ2) is 8.82. The van der Waals surface area contributed by atoms with Crippen LogP contribution in [-0.4, -0.2) is 37.7 Å². The number of hydrogen-bond donors (Lipinski definition) is 0. The number of nitrogens with zero attached hydrogens (tertiary/aromatic N) is 1. The van der Waals surface area contributed by atoms with Crippen LogP contribution in [0.3, 0.4) is 0 Å². The van der Waals surface area contributed by atoms with Crippen LogP contribution in [0.2, 0.25) is 0 Å². The molecule has 24 valence electrons. The molecule has 0 aromatic carbocycles. The summed E-state index contributed by atoms with van der Waals surface area (Å²) >= 11 is 1.73. The van der Waals surface area contributed by atoms with Gasteiger partial charge in [-0.05, 0) is 0 Å². The van der Waals surface area contributed by atoms with Crippen LogP contribution in [0.15, 0.2) is 0 Å². The molecule has 0 radical (unpaired) electrons. The molecular formula is CH2AuCaN. The third-order valence-electron chi connectivity index (χ3n) is 0. The fraction of sp³-hybridized carbons (Fsp3) is 0. The van der Waals surface area contributed by atoms with E-state index in [1.807, 2.05) is 0 Å². The first-order valence-corrected chi connectivity index (χ1v) is 1.46. The molecule has 0 aromatic heterocycles. The summed E-state index contributed by atoms with van der Waals surface area (Å²) in [6, 6.07) is 0. The molecule has 0 N–H and O–H groups in total. The number of hydrogen-bond acceptors (Lipinski definition) is 1. The summed E-state index contributed by atoms with van der Waals surface area (Å²) in [4.78, 5) is 0. The first-order chi connectivity index (χ1) is 1.41. The molecule has 0 fully saturated rings. The van der Waals surface area contributed by atoms with E-state index in [0.717, 1.165) is 0 Å². The molecule has 0 aromatic rings. The van der Waals surface area contributed by atoms with E-state index in [4.69, 9.17) is 5.26 Å². The Morgan fingerprint density at radius 2 is 1.75 bits per heavy atom. The predicted molar refractivity (Wildman–Crippen MR) is 14.2 cm³/mol. The third-order valence-corrected chi connectivity index (χ3v) is 0. The van der Waals surface area contributed by atoms with Crippen molar-refractivity contribution < 1.29 is 21.1 Å². The molecule has 0 bridgehead atoms. The summed E-state index contributed by atoms with van der Waals surface area (Å²) < 4.78 is 1.69. The quantitative estimate of drug-likeness (QED) is 0.521. The van der Waals surface area contributed by atoms with Gasteiger partial charge in [0.1, 0.15) is 0 Å². The van der Waals surface area contributed by atoms with Crippen LogP contribution < -0.4 is 0 Å². The normalized spacial score (nSPS) is 2.25. The van der Waals surface area contributed by atoms with Crippen LogP contribution in [0, 0.1) is 9.55 Å². The molecule has 0 aliphatic heterocycles. The molecule has 1 nitrogen and oxygen atoms in total. The summed E-state index contributed by atoms with van der Waals surface area (Å²) in [7, 11) is 0. The van der Waals surface area contributed by atoms with Gasteiger partial charge in [-0.2, -0.15) is 0 Å². The molecule has 3 heteroatoms. The summed E-state index contributed by atoms with van der Waals surface area (Å²) in [5, 5.41) is 7.29. The first kappa shape index (κ1) is 9.09. The van der Waals surface area contributed by atoms with Gasteiger partial charge >= 0.3 is 68.4 Å². The van der Waals surface area contributed by atoms with Gasteiger partial charge in [0.25, 0.3) is 0 Å². The van der Waals surface area contributed by atoms with Gasteiger partial charge in [0.15, 0.2) is 0 Å². The average molecular weight is 265 g/mol. The molecular weight excluding hydrogens is 263 g/mol. The minimum atomic E-state index is 0. The van der Waals surface area contributed by atoms with Crippen LogP contribution in [0.4, 0.5) is 0 Å². The molecule has 0 aliphatic carbocycles. The Morgan fingerprint density at radius 1 is 1.75 bits per heavy atom. The van der Waals surface area contributed by atoms with Crippen molar-refractivity contribution >= 4 is 37.7 Å². The summed E-state index contributed by atoms with van der Waals surface area (Å²) in [5.41, 5.74) is 0. The zero-order valence-corrected chi connectivity index (χ0v) is 3.42. The van der Waals surface area contributed by atoms with Gasteiger partial charge in [0, 0.05) is 0 Å². The van der Waals surface area contributed by atoms with Crippen molar-refractivity contribution in [3.05, 3.63) is 0 Å². The van der Waals surface area contributed by atoms with Crippen molar-refractivity contribution in [2.24, 2.45) is 0 Å². The SMILES string of the molecule is N#[C][Au].[CaH2]. The molecule has 4 heavy (non-hydrogen) atoms. The van der Waals surface area contributed by atoms with Gasteiger partial charge in [-0.25, -0.2) is 0 Å². The van der Waals surface area contributed by atoms with E-state index in [-0.39, 0.29) is 37.7 Å². The van der Waals surface area contributed by atoms with Gasteiger partial charge < -0.3 is 0 Å². The van der Waals surface area contributed by atoms with E-state index in [2.05, 4.69) is 0 Å². The Labute approximate surface area is 67.3 Å². The van der Waals surface area contributed by atoms with E-state index in [9.17, 15) is 0 Å². The van der Waals surface area contributed by atoms with Crippen LogP contribution in [0.1, 0.15) is 0 Å². The topological polar surface area (TPSA) is 23.8 Å². The predicted octanol–water partition coefficient (Wildman–Crippen LogP) is -0.902. The molecule has 0 rings (SSSR count). The zero-order chi connectivity index (χ0) is 2.71. The molecule has 0 heterocycles. The maximum atomic E-state index is 7.29. The van der Waals surface area contributed by atoms with E-state index in [1.165, 1.54) is 0 Å². The number of rotatable bonds is 0. The molecule has 0 unspecified atom stereocenters. The van der Waals surface area contributed by atoms with Crippen molar-refractivity contribution in [3.8, 4) is 4.29 Å². The van der Waals surface area contributed by atoms with Gasteiger partial charge in [-0.15, -0.1) is 0 Å². The van der Waals surface area contributed by atoms with Gasteiger partial charge in [-0.3, -0.25) is 0 Å². The Hall–Kier alpha value is 1.49. The van der Waals surface area contributed by atoms with Crippen LogP contribution >= 0.6 is 0 Å². The summed E-state index contributed by atoms with van der Waals surface area (Å²) in [6.07, 6.45) is 0. The Kier molecular flexibility index (Phi) is 20.0. The fourth-order valence-corrected chi connectivity index (χ4v) is 0. The van der Waals surface area contributed by atoms with Crippen molar-refractivity contribution in [1.82, 2.24) is 0 Å². The standard InChI is InChI=1S/CN.Au.Ca.2H/c1-2;;;;. The average Bonchev–Trinajstić information content (AvgIpc) is 0.918. The molecule has 0 atom stereocenters. The van der Waals surface area contributed by atoms with Crippen molar-refractivity contribution in [3.63, 3.8) is 0 Å². The fourth-order valence-electron chi connectivity index (χ4n) is 0. The molecule has 0 saturated carbocycles. The Bertz CT molecular complexity index is 29.5. The third kappa shape index (κ3) is 9.75. The van der Waals surface area contributed by atoms with Crippen LogP contribution in [0.25, 0.3) is 0 Å². The molecule has 0 amide bonds. The van der Waals surface area contributed by atoms with E-state index in [0.29, 0.717) is 0 Å². The van der Waals surface area contributed by atoms with Gasteiger partial charge in [0.2, 0.25) is 0 Å². The van der Waals surface area contributed by atoms with Crippen molar-refractivity contribution in [1.29, 1.82) is 5.26 Å². The number of nitriles is 1. The first-order valence-electron chi connectivity index (χ1n) is 0.374. The van der Waals surface area contributed by atoms with E-state index < -0.39 is 0 Å². The summed E-state index contributed by atoms with van der Waals surface area (Å²) in [5.74, 6) is 0. The monoisotopic (exact) mass is 265 g/mol. The van der Waals surface area contributed by atoms with E-state index in [1.54, 1.807) is 25.4 Å².